The Kier molecular flexibility index (Phi) is 7.74. The van der Waals surface area contributed by atoms with Crippen molar-refractivity contribution in [2.75, 3.05) is 4.90 Å². The van der Waals surface area contributed by atoms with Crippen molar-refractivity contribution in [3.05, 3.63) is 96.4 Å². The Morgan fingerprint density at radius 2 is 1.76 bits per heavy atom. The maximum Gasteiger partial charge on any atom is 0.270 e. The molecule has 172 valence electrons. The first-order chi connectivity index (χ1) is 16.2. The molecular weight excluding hydrogens is 627 g/mol. The summed E-state index contributed by atoms with van der Waals surface area (Å²) in [5.74, 6) is -0.548. The van der Waals surface area contributed by atoms with Crippen LogP contribution in [0.15, 0.2) is 75.2 Å². The predicted molar refractivity (Wildman–Crippen MR) is 145 cm³/mol. The molecule has 0 bridgehead atoms. The number of nitrogens with one attached hydrogen (secondary N) is 1. The zero-order chi connectivity index (χ0) is 24.4. The Labute approximate surface area is 227 Å². The van der Waals surface area contributed by atoms with E-state index in [-0.39, 0.29) is 26.4 Å². The van der Waals surface area contributed by atoms with Crippen molar-refractivity contribution in [1.29, 1.82) is 0 Å². The van der Waals surface area contributed by atoms with E-state index in [9.17, 15) is 9.59 Å². The van der Waals surface area contributed by atoms with Gasteiger partial charge in [-0.25, -0.2) is 0 Å². The minimum absolute atomic E-state index is 0.0702. The van der Waals surface area contributed by atoms with Gasteiger partial charge in [-0.2, -0.15) is 0 Å². The van der Waals surface area contributed by atoms with Crippen molar-refractivity contribution in [3.63, 3.8) is 0 Å². The lowest BCUT2D eigenvalue weighted by Gasteiger charge is -2.29. The van der Waals surface area contributed by atoms with Crippen LogP contribution in [0, 0.1) is 0 Å². The first-order valence-corrected chi connectivity index (χ1v) is 12.5. The van der Waals surface area contributed by atoms with Crippen molar-refractivity contribution >= 4 is 96.0 Å². The number of rotatable bonds is 5. The monoisotopic (exact) mass is 638 g/mol. The van der Waals surface area contributed by atoms with E-state index in [0.29, 0.717) is 17.9 Å². The quantitative estimate of drug-likeness (QED) is 0.187. The summed E-state index contributed by atoms with van der Waals surface area (Å²) in [6.45, 7) is 0.377. The molecule has 0 atom stereocenters. The molecule has 4 rings (SSSR count). The van der Waals surface area contributed by atoms with E-state index in [1.807, 2.05) is 18.2 Å². The number of carbonyl (C=O) groups excluding carboxylic acids is 2. The van der Waals surface area contributed by atoms with Gasteiger partial charge in [0.05, 0.1) is 15.7 Å². The number of benzene rings is 3. The van der Waals surface area contributed by atoms with E-state index >= 15 is 0 Å². The van der Waals surface area contributed by atoms with Crippen LogP contribution < -0.4 is 15.0 Å². The zero-order valence-electron chi connectivity index (χ0n) is 17.2. The van der Waals surface area contributed by atoms with E-state index in [4.69, 9.17) is 40.2 Å². The van der Waals surface area contributed by atoms with Crippen LogP contribution in [0.2, 0.25) is 10.0 Å². The van der Waals surface area contributed by atoms with Crippen LogP contribution >= 0.6 is 67.3 Å². The molecule has 5 nitrogen and oxygen atoms in total. The second-order valence-corrected chi connectivity index (χ2v) is 10.1. The molecule has 3 aromatic carbocycles. The van der Waals surface area contributed by atoms with Gasteiger partial charge in [-0.15, -0.1) is 0 Å². The van der Waals surface area contributed by atoms with Gasteiger partial charge < -0.3 is 4.74 Å². The van der Waals surface area contributed by atoms with Crippen LogP contribution in [-0.2, 0) is 16.2 Å². The maximum atomic E-state index is 13.2. The Bertz CT molecular complexity index is 1350. The molecule has 2 amide bonds. The number of hydrogen-bond donors (Lipinski definition) is 1. The molecule has 3 aromatic rings. The number of amides is 2. The molecule has 0 aliphatic carbocycles. The van der Waals surface area contributed by atoms with Gasteiger partial charge in [0.15, 0.2) is 5.11 Å². The molecule has 0 spiro atoms. The first kappa shape index (κ1) is 24.9. The fourth-order valence-electron chi connectivity index (χ4n) is 3.17. The SMILES string of the molecule is O=C1NC(=S)N(c2cccc(Cl)c2Cl)C(=O)/C1=C/c1ccc(OCc2ccc(Br)cc2Br)cc1. The number of halogens is 4. The van der Waals surface area contributed by atoms with Gasteiger partial charge in [-0.05, 0) is 60.3 Å². The molecule has 1 heterocycles. The third kappa shape index (κ3) is 5.37. The highest BCUT2D eigenvalue weighted by Gasteiger charge is 2.35. The molecule has 1 fully saturated rings. The van der Waals surface area contributed by atoms with Gasteiger partial charge in [0.25, 0.3) is 11.8 Å². The normalized spacial score (nSPS) is 15.0. The molecule has 34 heavy (non-hydrogen) atoms. The third-order valence-corrected chi connectivity index (χ3v) is 7.20. The third-order valence-electron chi connectivity index (χ3n) is 4.87. The van der Waals surface area contributed by atoms with Crippen molar-refractivity contribution in [3.8, 4) is 5.75 Å². The average molecular weight is 641 g/mol. The minimum Gasteiger partial charge on any atom is -0.489 e. The molecule has 1 saturated heterocycles. The topological polar surface area (TPSA) is 58.6 Å². The lowest BCUT2D eigenvalue weighted by molar-refractivity contribution is -0.122. The summed E-state index contributed by atoms with van der Waals surface area (Å²) in [4.78, 5) is 26.9. The van der Waals surface area contributed by atoms with Gasteiger partial charge in [0, 0.05) is 14.5 Å². The van der Waals surface area contributed by atoms with Crippen molar-refractivity contribution in [2.45, 2.75) is 6.61 Å². The molecule has 0 radical (unpaired) electrons. The van der Waals surface area contributed by atoms with Crippen LogP contribution in [0.3, 0.4) is 0 Å². The number of carbonyl (C=O) groups is 2. The maximum absolute atomic E-state index is 13.2. The summed E-state index contributed by atoms with van der Waals surface area (Å²) in [7, 11) is 0. The second kappa shape index (κ2) is 10.6. The Balaban J connectivity index is 1.54. The van der Waals surface area contributed by atoms with Crippen LogP contribution in [0.4, 0.5) is 5.69 Å². The molecule has 0 saturated carbocycles. The number of thiocarbonyl (C=S) groups is 1. The van der Waals surface area contributed by atoms with E-state index in [0.717, 1.165) is 19.4 Å². The lowest BCUT2D eigenvalue weighted by Crippen LogP contribution is -2.54. The summed E-state index contributed by atoms with van der Waals surface area (Å²) in [5, 5.41) is 2.89. The van der Waals surface area contributed by atoms with Crippen LogP contribution in [0.25, 0.3) is 6.08 Å². The highest BCUT2D eigenvalue weighted by molar-refractivity contribution is 9.11. The van der Waals surface area contributed by atoms with E-state index < -0.39 is 11.8 Å². The Morgan fingerprint density at radius 3 is 2.47 bits per heavy atom. The summed E-state index contributed by atoms with van der Waals surface area (Å²) >= 11 is 24.5. The van der Waals surface area contributed by atoms with E-state index in [1.54, 1.807) is 42.5 Å². The number of hydrogen-bond acceptors (Lipinski definition) is 4. The second-order valence-electron chi connectivity index (χ2n) is 7.12. The largest absolute Gasteiger partial charge is 0.489 e. The highest BCUT2D eigenvalue weighted by atomic mass is 79.9. The van der Waals surface area contributed by atoms with Gasteiger partial charge in [0.1, 0.15) is 17.9 Å². The molecular formula is C24H14Br2Cl2N2O3S. The molecule has 1 aliphatic rings. The van der Waals surface area contributed by atoms with E-state index in [1.165, 1.54) is 6.08 Å². The number of nitrogens with zero attached hydrogens (tertiary/aromatic N) is 1. The smallest absolute Gasteiger partial charge is 0.270 e. The Hall–Kier alpha value is -2.23. The summed E-state index contributed by atoms with van der Waals surface area (Å²) in [6, 6.07) is 17.7. The predicted octanol–water partition coefficient (Wildman–Crippen LogP) is 6.93. The number of anilines is 1. The fourth-order valence-corrected chi connectivity index (χ4v) is 4.98. The van der Waals surface area contributed by atoms with Gasteiger partial charge >= 0.3 is 0 Å². The van der Waals surface area contributed by atoms with Gasteiger partial charge in [-0.3, -0.25) is 19.8 Å². The summed E-state index contributed by atoms with van der Waals surface area (Å²) in [5.41, 5.74) is 1.84. The Morgan fingerprint density at radius 1 is 1.03 bits per heavy atom. The van der Waals surface area contributed by atoms with Crippen LogP contribution in [0.1, 0.15) is 11.1 Å². The lowest BCUT2D eigenvalue weighted by atomic mass is 10.1. The van der Waals surface area contributed by atoms with Gasteiger partial charge in [0.2, 0.25) is 0 Å². The summed E-state index contributed by atoms with van der Waals surface area (Å²) in [6.07, 6.45) is 1.49. The van der Waals surface area contributed by atoms with E-state index in [2.05, 4.69) is 37.2 Å². The molecule has 1 N–H and O–H groups in total. The molecule has 0 aromatic heterocycles. The van der Waals surface area contributed by atoms with Crippen molar-refractivity contribution in [2.24, 2.45) is 0 Å². The van der Waals surface area contributed by atoms with Crippen LogP contribution in [0.5, 0.6) is 5.75 Å². The standard InChI is InChI=1S/C24H14Br2Cl2N2O3S/c25-15-7-6-14(18(26)11-15)12-33-16-8-4-13(5-9-16)10-17-22(31)29-24(34)30(23(17)32)20-3-1-2-19(27)21(20)28/h1-11H,12H2,(H,29,31,34)/b17-10+. The van der Waals surface area contributed by atoms with Crippen LogP contribution in [-0.4, -0.2) is 16.9 Å². The minimum atomic E-state index is -0.599. The zero-order valence-corrected chi connectivity index (χ0v) is 22.7. The number of ether oxygens (including phenoxy) is 1. The molecule has 1 aliphatic heterocycles. The fraction of sp³-hybridized carbons (Fsp3) is 0.0417. The van der Waals surface area contributed by atoms with Crippen molar-refractivity contribution < 1.29 is 14.3 Å². The first-order valence-electron chi connectivity index (χ1n) is 9.77. The molecule has 10 heteroatoms. The highest BCUT2D eigenvalue weighted by Crippen LogP contribution is 2.34. The van der Waals surface area contributed by atoms with Gasteiger partial charge in [-0.1, -0.05) is 79.3 Å². The van der Waals surface area contributed by atoms with Crippen molar-refractivity contribution in [1.82, 2.24) is 5.32 Å². The average Bonchev–Trinajstić information content (AvgIpc) is 2.79. The molecule has 0 unspecified atom stereocenters. The summed E-state index contributed by atoms with van der Waals surface area (Å²) < 4.78 is 7.76.